The lowest BCUT2D eigenvalue weighted by Crippen LogP contribution is -2.49. The number of H-pyrrole nitrogens is 1. The molecule has 100 valence electrons. The van der Waals surface area contributed by atoms with E-state index in [4.69, 9.17) is 4.52 Å². The lowest BCUT2D eigenvalue weighted by molar-refractivity contribution is 0.0937. The minimum atomic E-state index is -0.433. The topological polar surface area (TPSA) is 87.1 Å². The van der Waals surface area contributed by atoms with Gasteiger partial charge in [-0.15, -0.1) is 12.6 Å². The summed E-state index contributed by atoms with van der Waals surface area (Å²) in [5.41, 5.74) is 1.81. The number of anilines is 1. The number of carbonyl (C=O) groups is 1. The molecule has 2 aromatic rings. The highest BCUT2D eigenvalue weighted by Gasteiger charge is 2.32. The van der Waals surface area contributed by atoms with Gasteiger partial charge in [0.05, 0.1) is 18.6 Å². The van der Waals surface area contributed by atoms with Crippen LogP contribution in [0, 0.1) is 13.8 Å². The van der Waals surface area contributed by atoms with E-state index in [0.29, 0.717) is 18.1 Å². The molecular formula is C11H13N5O2S. The number of aryl methyl sites for hydroxylation is 2. The summed E-state index contributed by atoms with van der Waals surface area (Å²) in [6, 6.07) is 0. The van der Waals surface area contributed by atoms with Crippen molar-refractivity contribution in [2.45, 2.75) is 25.9 Å². The van der Waals surface area contributed by atoms with Gasteiger partial charge in [0.15, 0.2) is 5.82 Å². The molecule has 0 radical (unpaired) electrons. The van der Waals surface area contributed by atoms with Crippen LogP contribution >= 0.6 is 12.6 Å². The summed E-state index contributed by atoms with van der Waals surface area (Å²) in [5, 5.41) is 6.68. The highest BCUT2D eigenvalue weighted by molar-refractivity contribution is 7.81. The predicted octanol–water partition coefficient (Wildman–Crippen LogP) is 0.978. The van der Waals surface area contributed by atoms with Crippen molar-refractivity contribution in [1.29, 1.82) is 0 Å². The number of amides is 1. The zero-order valence-corrected chi connectivity index (χ0v) is 11.4. The van der Waals surface area contributed by atoms with Gasteiger partial charge in [0.1, 0.15) is 17.0 Å². The largest absolute Gasteiger partial charge is 0.361 e. The van der Waals surface area contributed by atoms with E-state index in [1.54, 1.807) is 0 Å². The Kier molecular flexibility index (Phi) is 2.74. The van der Waals surface area contributed by atoms with E-state index in [9.17, 15) is 4.79 Å². The van der Waals surface area contributed by atoms with E-state index in [-0.39, 0.29) is 5.91 Å². The van der Waals surface area contributed by atoms with E-state index >= 15 is 0 Å². The Labute approximate surface area is 114 Å². The summed E-state index contributed by atoms with van der Waals surface area (Å²) in [7, 11) is 0. The number of imidazole rings is 1. The van der Waals surface area contributed by atoms with Crippen LogP contribution in [0.25, 0.3) is 0 Å². The summed E-state index contributed by atoms with van der Waals surface area (Å²) in [4.78, 5) is 20.6. The molecule has 7 nitrogen and oxygen atoms in total. The van der Waals surface area contributed by atoms with Gasteiger partial charge in [0.2, 0.25) is 0 Å². The first-order valence-electron chi connectivity index (χ1n) is 5.78. The van der Waals surface area contributed by atoms with Crippen molar-refractivity contribution in [3.63, 3.8) is 0 Å². The molecule has 0 spiro atoms. The summed E-state index contributed by atoms with van der Waals surface area (Å²) in [6.07, 6.45) is 1.50. The lowest BCUT2D eigenvalue weighted by Gasteiger charge is -2.33. The molecule has 0 saturated carbocycles. The molecule has 1 aliphatic heterocycles. The summed E-state index contributed by atoms with van der Waals surface area (Å²) in [5.74, 6) is 1.14. The van der Waals surface area contributed by atoms with Crippen molar-refractivity contribution in [3.05, 3.63) is 29.0 Å². The van der Waals surface area contributed by atoms with Crippen molar-refractivity contribution >= 4 is 24.4 Å². The summed E-state index contributed by atoms with van der Waals surface area (Å²) < 4.78 is 5.15. The quantitative estimate of drug-likeness (QED) is 0.713. The molecule has 1 amide bonds. The number of nitrogens with zero attached hydrogens (tertiary/aromatic N) is 3. The molecule has 0 bridgehead atoms. The molecule has 0 aromatic carbocycles. The average Bonchev–Trinajstić information content (AvgIpc) is 2.95. The minimum absolute atomic E-state index is 0.206. The molecule has 3 heterocycles. The van der Waals surface area contributed by atoms with E-state index in [2.05, 4.69) is 33.1 Å². The number of hydrogen-bond acceptors (Lipinski definition) is 6. The van der Waals surface area contributed by atoms with Crippen LogP contribution in [0.5, 0.6) is 0 Å². The summed E-state index contributed by atoms with van der Waals surface area (Å²) >= 11 is 4.38. The van der Waals surface area contributed by atoms with E-state index < -0.39 is 5.50 Å². The van der Waals surface area contributed by atoms with Gasteiger partial charge >= 0.3 is 0 Å². The second-order valence-electron chi connectivity index (χ2n) is 4.38. The molecular weight excluding hydrogens is 266 g/mol. The SMILES string of the molecule is Cc1noc(C)c1CN1c2nc[nH]c2C(=O)NC1S. The fourth-order valence-electron chi connectivity index (χ4n) is 2.11. The third kappa shape index (κ3) is 1.88. The third-order valence-electron chi connectivity index (χ3n) is 3.18. The molecule has 1 aliphatic rings. The summed E-state index contributed by atoms with van der Waals surface area (Å²) in [6.45, 7) is 4.26. The number of carbonyl (C=O) groups excluding carboxylic acids is 1. The zero-order chi connectivity index (χ0) is 13.6. The Morgan fingerprint density at radius 2 is 2.32 bits per heavy atom. The number of aromatic amines is 1. The van der Waals surface area contributed by atoms with Crippen molar-refractivity contribution in [2.75, 3.05) is 4.90 Å². The van der Waals surface area contributed by atoms with Gasteiger partial charge in [-0.05, 0) is 13.8 Å². The third-order valence-corrected chi connectivity index (χ3v) is 3.59. The predicted molar refractivity (Wildman–Crippen MR) is 71.0 cm³/mol. The second-order valence-corrected chi connectivity index (χ2v) is 4.87. The van der Waals surface area contributed by atoms with Gasteiger partial charge in [-0.1, -0.05) is 5.16 Å². The van der Waals surface area contributed by atoms with Crippen LogP contribution in [0.1, 0.15) is 27.5 Å². The van der Waals surface area contributed by atoms with E-state index in [1.165, 1.54) is 6.33 Å². The Morgan fingerprint density at radius 3 is 3.00 bits per heavy atom. The van der Waals surface area contributed by atoms with Crippen LogP contribution in [-0.4, -0.2) is 26.5 Å². The lowest BCUT2D eigenvalue weighted by atomic mass is 10.2. The maximum Gasteiger partial charge on any atom is 0.273 e. The first-order chi connectivity index (χ1) is 9.08. The molecule has 3 rings (SSSR count). The van der Waals surface area contributed by atoms with Crippen LogP contribution in [0.2, 0.25) is 0 Å². The van der Waals surface area contributed by atoms with Crippen molar-refractivity contribution in [2.24, 2.45) is 0 Å². The molecule has 0 saturated heterocycles. The highest BCUT2D eigenvalue weighted by atomic mass is 32.1. The van der Waals surface area contributed by atoms with Gasteiger partial charge in [0, 0.05) is 5.56 Å². The zero-order valence-electron chi connectivity index (χ0n) is 10.5. The maximum atomic E-state index is 11.8. The molecule has 2 aromatic heterocycles. The highest BCUT2D eigenvalue weighted by Crippen LogP contribution is 2.27. The normalized spacial score (nSPS) is 18.4. The standard InChI is InChI=1S/C11H13N5O2S/c1-5-7(6(2)18-15-5)3-16-9-8(12-4-13-9)10(17)14-11(16)19/h4,11,19H,3H2,1-2H3,(H,12,13)(H,14,17). The number of thiol groups is 1. The van der Waals surface area contributed by atoms with Gasteiger partial charge in [-0.3, -0.25) is 4.79 Å². The Morgan fingerprint density at radius 1 is 1.53 bits per heavy atom. The van der Waals surface area contributed by atoms with Crippen LogP contribution in [0.3, 0.4) is 0 Å². The Hall–Kier alpha value is -1.96. The van der Waals surface area contributed by atoms with Crippen molar-refractivity contribution < 1.29 is 9.32 Å². The fourth-order valence-corrected chi connectivity index (χ4v) is 2.42. The minimum Gasteiger partial charge on any atom is -0.361 e. The molecule has 1 atom stereocenters. The smallest absolute Gasteiger partial charge is 0.273 e. The van der Waals surface area contributed by atoms with Crippen LogP contribution in [0.4, 0.5) is 5.82 Å². The number of rotatable bonds is 2. The average molecular weight is 279 g/mol. The number of nitrogens with one attached hydrogen (secondary N) is 2. The van der Waals surface area contributed by atoms with E-state index in [0.717, 1.165) is 17.0 Å². The Balaban J connectivity index is 1.97. The molecule has 19 heavy (non-hydrogen) atoms. The molecule has 0 fully saturated rings. The van der Waals surface area contributed by atoms with E-state index in [1.807, 2.05) is 18.7 Å². The number of fused-ring (bicyclic) bond motifs is 1. The molecule has 8 heteroatoms. The maximum absolute atomic E-state index is 11.8. The fraction of sp³-hybridized carbons (Fsp3) is 0.364. The second kappa shape index (κ2) is 4.30. The van der Waals surface area contributed by atoms with Gasteiger partial charge in [-0.2, -0.15) is 0 Å². The Bertz CT molecular complexity index is 615. The molecule has 2 N–H and O–H groups in total. The van der Waals surface area contributed by atoms with Crippen molar-refractivity contribution in [1.82, 2.24) is 20.4 Å². The number of hydrogen-bond donors (Lipinski definition) is 3. The van der Waals surface area contributed by atoms with Crippen LogP contribution < -0.4 is 10.2 Å². The van der Waals surface area contributed by atoms with Crippen LogP contribution in [-0.2, 0) is 6.54 Å². The molecule has 0 aliphatic carbocycles. The molecule has 1 unspecified atom stereocenters. The van der Waals surface area contributed by atoms with Crippen LogP contribution in [0.15, 0.2) is 10.9 Å². The van der Waals surface area contributed by atoms with Gasteiger partial charge < -0.3 is 19.7 Å². The van der Waals surface area contributed by atoms with Crippen molar-refractivity contribution in [3.8, 4) is 0 Å². The van der Waals surface area contributed by atoms with Gasteiger partial charge in [-0.25, -0.2) is 4.98 Å². The van der Waals surface area contributed by atoms with Gasteiger partial charge in [0.25, 0.3) is 5.91 Å². The monoisotopic (exact) mass is 279 g/mol. The first kappa shape index (κ1) is 12.1. The first-order valence-corrected chi connectivity index (χ1v) is 6.30. The number of aromatic nitrogens is 3.